The Hall–Kier alpha value is -0.570. The van der Waals surface area contributed by atoms with Crippen molar-refractivity contribution in [2.24, 2.45) is 5.92 Å². The van der Waals surface area contributed by atoms with Gasteiger partial charge in [-0.2, -0.15) is 0 Å². The molecule has 1 amide bonds. The van der Waals surface area contributed by atoms with Gasteiger partial charge in [0.1, 0.15) is 0 Å². The first-order valence-corrected chi connectivity index (χ1v) is 6.24. The molecule has 0 atom stereocenters. The number of amides is 1. The van der Waals surface area contributed by atoms with Crippen molar-refractivity contribution in [3.8, 4) is 0 Å². The highest BCUT2D eigenvalue weighted by molar-refractivity contribution is 5.72. The Morgan fingerprint density at radius 1 is 1.13 bits per heavy atom. The molecule has 0 aromatic heterocycles. The van der Waals surface area contributed by atoms with E-state index < -0.39 is 0 Å². The maximum atomic E-state index is 10.6. The van der Waals surface area contributed by atoms with Gasteiger partial charge in [-0.1, -0.05) is 32.1 Å². The van der Waals surface area contributed by atoms with Crippen LogP contribution in [0.25, 0.3) is 0 Å². The molecular formula is C12H24N2O. The molecule has 0 bridgehead atoms. The van der Waals surface area contributed by atoms with Crippen molar-refractivity contribution in [3.63, 3.8) is 0 Å². The van der Waals surface area contributed by atoms with E-state index in [1.165, 1.54) is 38.5 Å². The molecule has 3 nitrogen and oxygen atoms in total. The summed E-state index contributed by atoms with van der Waals surface area (Å²) < 4.78 is 0. The zero-order chi connectivity index (χ0) is 10.9. The molecule has 0 aliphatic heterocycles. The molecule has 1 fully saturated rings. The molecule has 0 radical (unpaired) electrons. The summed E-state index contributed by atoms with van der Waals surface area (Å²) >= 11 is 0. The smallest absolute Gasteiger partial charge is 0.216 e. The average Bonchev–Trinajstić information content (AvgIpc) is 2.24. The zero-order valence-electron chi connectivity index (χ0n) is 9.85. The lowest BCUT2D eigenvalue weighted by molar-refractivity contribution is -0.118. The minimum absolute atomic E-state index is 0.0593. The van der Waals surface area contributed by atoms with E-state index in [1.54, 1.807) is 6.92 Å². The molecule has 1 aliphatic carbocycles. The van der Waals surface area contributed by atoms with E-state index in [-0.39, 0.29) is 5.91 Å². The Kier molecular flexibility index (Phi) is 6.41. The summed E-state index contributed by atoms with van der Waals surface area (Å²) in [6.45, 7) is 4.30. The number of hydrogen-bond acceptors (Lipinski definition) is 2. The fourth-order valence-corrected chi connectivity index (χ4v) is 2.23. The van der Waals surface area contributed by atoms with Crippen LogP contribution in [0.3, 0.4) is 0 Å². The molecule has 1 rings (SSSR count). The van der Waals surface area contributed by atoms with Gasteiger partial charge in [0, 0.05) is 20.0 Å². The summed E-state index contributed by atoms with van der Waals surface area (Å²) in [5.74, 6) is 1.01. The van der Waals surface area contributed by atoms with Crippen LogP contribution in [0.15, 0.2) is 0 Å². The van der Waals surface area contributed by atoms with Gasteiger partial charge in [0.05, 0.1) is 0 Å². The minimum atomic E-state index is 0.0593. The van der Waals surface area contributed by atoms with Gasteiger partial charge in [-0.3, -0.25) is 4.79 Å². The first kappa shape index (κ1) is 12.5. The third kappa shape index (κ3) is 6.50. The summed E-state index contributed by atoms with van der Waals surface area (Å²) in [4.78, 5) is 10.6. The normalized spacial score (nSPS) is 17.7. The molecule has 0 aromatic rings. The summed E-state index contributed by atoms with van der Waals surface area (Å²) in [5.41, 5.74) is 0. The topological polar surface area (TPSA) is 41.1 Å². The Labute approximate surface area is 93.0 Å². The van der Waals surface area contributed by atoms with Crippen LogP contribution in [0.1, 0.15) is 45.4 Å². The van der Waals surface area contributed by atoms with Crippen molar-refractivity contribution >= 4 is 5.91 Å². The van der Waals surface area contributed by atoms with Gasteiger partial charge < -0.3 is 10.6 Å². The standard InChI is InChI=1S/C12H24N2O/c1-11(15)14-10-9-13-8-7-12-5-3-2-4-6-12/h12-13H,2-10H2,1H3,(H,14,15). The molecule has 1 saturated carbocycles. The van der Waals surface area contributed by atoms with Crippen LogP contribution >= 0.6 is 0 Å². The zero-order valence-corrected chi connectivity index (χ0v) is 9.85. The average molecular weight is 212 g/mol. The highest BCUT2D eigenvalue weighted by Crippen LogP contribution is 2.25. The summed E-state index contributed by atoms with van der Waals surface area (Å²) in [7, 11) is 0. The Morgan fingerprint density at radius 3 is 2.53 bits per heavy atom. The summed E-state index contributed by atoms with van der Waals surface area (Å²) in [6, 6.07) is 0. The largest absolute Gasteiger partial charge is 0.355 e. The van der Waals surface area contributed by atoms with E-state index in [4.69, 9.17) is 0 Å². The van der Waals surface area contributed by atoms with Crippen molar-refractivity contribution < 1.29 is 4.79 Å². The molecule has 3 heteroatoms. The van der Waals surface area contributed by atoms with E-state index in [0.717, 1.165) is 25.6 Å². The van der Waals surface area contributed by atoms with Gasteiger partial charge in [0.2, 0.25) is 5.91 Å². The molecule has 0 unspecified atom stereocenters. The van der Waals surface area contributed by atoms with Crippen LogP contribution in [-0.4, -0.2) is 25.5 Å². The van der Waals surface area contributed by atoms with Gasteiger partial charge in [-0.05, 0) is 18.9 Å². The molecule has 88 valence electrons. The molecule has 0 saturated heterocycles. The van der Waals surface area contributed by atoms with Gasteiger partial charge >= 0.3 is 0 Å². The lowest BCUT2D eigenvalue weighted by Crippen LogP contribution is -2.31. The van der Waals surface area contributed by atoms with E-state index >= 15 is 0 Å². The number of hydrogen-bond donors (Lipinski definition) is 2. The van der Waals surface area contributed by atoms with Crippen molar-refractivity contribution in [3.05, 3.63) is 0 Å². The minimum Gasteiger partial charge on any atom is -0.355 e. The third-order valence-electron chi connectivity index (χ3n) is 3.13. The van der Waals surface area contributed by atoms with Crippen molar-refractivity contribution in [2.45, 2.75) is 45.4 Å². The van der Waals surface area contributed by atoms with Crippen LogP contribution in [0.2, 0.25) is 0 Å². The Balaban J connectivity index is 1.85. The molecule has 15 heavy (non-hydrogen) atoms. The molecular weight excluding hydrogens is 188 g/mol. The maximum absolute atomic E-state index is 10.6. The lowest BCUT2D eigenvalue weighted by Gasteiger charge is -2.21. The lowest BCUT2D eigenvalue weighted by atomic mass is 9.87. The summed E-state index contributed by atoms with van der Waals surface area (Å²) in [6.07, 6.45) is 8.44. The Bertz CT molecular complexity index is 176. The number of carbonyl (C=O) groups excluding carboxylic acids is 1. The van der Waals surface area contributed by atoms with E-state index in [1.807, 2.05) is 0 Å². The van der Waals surface area contributed by atoms with Gasteiger partial charge in [-0.25, -0.2) is 0 Å². The van der Waals surface area contributed by atoms with Crippen LogP contribution in [0, 0.1) is 5.92 Å². The first-order valence-electron chi connectivity index (χ1n) is 6.24. The molecule has 0 heterocycles. The van der Waals surface area contributed by atoms with Crippen LogP contribution in [0.5, 0.6) is 0 Å². The second kappa shape index (κ2) is 7.69. The van der Waals surface area contributed by atoms with Crippen molar-refractivity contribution in [1.29, 1.82) is 0 Å². The number of rotatable bonds is 6. The molecule has 1 aliphatic rings. The monoisotopic (exact) mass is 212 g/mol. The molecule has 0 spiro atoms. The predicted octanol–water partition coefficient (Wildman–Crippen LogP) is 1.68. The van der Waals surface area contributed by atoms with Crippen LogP contribution < -0.4 is 10.6 Å². The first-order chi connectivity index (χ1) is 7.29. The molecule has 0 aromatic carbocycles. The van der Waals surface area contributed by atoms with Crippen molar-refractivity contribution in [1.82, 2.24) is 10.6 Å². The van der Waals surface area contributed by atoms with Crippen molar-refractivity contribution in [2.75, 3.05) is 19.6 Å². The molecule has 2 N–H and O–H groups in total. The predicted molar refractivity (Wildman–Crippen MR) is 62.7 cm³/mol. The maximum Gasteiger partial charge on any atom is 0.216 e. The highest BCUT2D eigenvalue weighted by Gasteiger charge is 2.12. The van der Waals surface area contributed by atoms with Gasteiger partial charge in [0.25, 0.3) is 0 Å². The van der Waals surface area contributed by atoms with Gasteiger partial charge in [-0.15, -0.1) is 0 Å². The third-order valence-corrected chi connectivity index (χ3v) is 3.13. The summed E-state index contributed by atoms with van der Waals surface area (Å²) in [5, 5.41) is 6.16. The SMILES string of the molecule is CC(=O)NCCNCCC1CCCCC1. The quantitative estimate of drug-likeness (QED) is 0.658. The van der Waals surface area contributed by atoms with E-state index in [2.05, 4.69) is 10.6 Å². The second-order valence-corrected chi connectivity index (χ2v) is 4.53. The van der Waals surface area contributed by atoms with E-state index in [0.29, 0.717) is 0 Å². The highest BCUT2D eigenvalue weighted by atomic mass is 16.1. The fraction of sp³-hybridized carbons (Fsp3) is 0.917. The van der Waals surface area contributed by atoms with Crippen LogP contribution in [-0.2, 0) is 4.79 Å². The fourth-order valence-electron chi connectivity index (χ4n) is 2.23. The van der Waals surface area contributed by atoms with Gasteiger partial charge in [0.15, 0.2) is 0 Å². The number of carbonyl (C=O) groups is 1. The second-order valence-electron chi connectivity index (χ2n) is 4.53. The van der Waals surface area contributed by atoms with Crippen LogP contribution in [0.4, 0.5) is 0 Å². The van der Waals surface area contributed by atoms with E-state index in [9.17, 15) is 4.79 Å². The number of nitrogens with one attached hydrogen (secondary N) is 2. The Morgan fingerprint density at radius 2 is 1.87 bits per heavy atom.